The number of para-hydroxylation sites is 1. The van der Waals surface area contributed by atoms with Gasteiger partial charge in [0.05, 0.1) is 16.1 Å². The molecule has 0 aliphatic heterocycles. The molecule has 0 amide bonds. The number of benzene rings is 8. The third kappa shape index (κ3) is 4.72. The highest BCUT2D eigenvalue weighted by Crippen LogP contribution is 2.54. The Hall–Kier alpha value is -6.22. The Morgan fingerprint density at radius 1 is 0.393 bits per heavy atom. The summed E-state index contributed by atoms with van der Waals surface area (Å²) < 4.78 is 2.59. The SMILES string of the molecule is CC1(C)c2ccccc2-c2ccc(-c3ccccc3N(c3cccc(-c4cccc5c4C(C)(C)c4ccccc4-5)c3)c3cccc4c3sc3ccccc34)cc21. The zero-order valence-corrected chi connectivity index (χ0v) is 32.9. The number of rotatable bonds is 5. The lowest BCUT2D eigenvalue weighted by Gasteiger charge is -2.30. The van der Waals surface area contributed by atoms with Crippen LogP contribution in [0, 0.1) is 0 Å². The van der Waals surface area contributed by atoms with Gasteiger partial charge in [-0.2, -0.15) is 0 Å². The summed E-state index contributed by atoms with van der Waals surface area (Å²) in [5, 5.41) is 2.59. The van der Waals surface area contributed by atoms with Crippen molar-refractivity contribution in [3.05, 3.63) is 198 Å². The van der Waals surface area contributed by atoms with Crippen LogP contribution in [0.25, 0.3) is 64.7 Å². The molecule has 0 saturated carbocycles. The number of hydrogen-bond donors (Lipinski definition) is 0. The first-order chi connectivity index (χ1) is 27.3. The van der Waals surface area contributed by atoms with E-state index in [9.17, 15) is 0 Å². The first kappa shape index (κ1) is 33.1. The van der Waals surface area contributed by atoms with E-state index in [1.54, 1.807) is 0 Å². The molecule has 2 aliphatic rings. The first-order valence-electron chi connectivity index (χ1n) is 19.7. The maximum absolute atomic E-state index is 2.52. The van der Waals surface area contributed by atoms with Gasteiger partial charge in [0.2, 0.25) is 0 Å². The molecule has 0 spiro atoms. The van der Waals surface area contributed by atoms with Crippen molar-refractivity contribution in [1.82, 2.24) is 0 Å². The minimum absolute atomic E-state index is 0.0864. The Kier molecular flexibility index (Phi) is 7.18. The van der Waals surface area contributed by atoms with Crippen molar-refractivity contribution < 1.29 is 0 Å². The van der Waals surface area contributed by atoms with Gasteiger partial charge in [-0.25, -0.2) is 0 Å². The third-order valence-corrected chi connectivity index (χ3v) is 13.9. The van der Waals surface area contributed by atoms with Crippen LogP contribution >= 0.6 is 11.3 Å². The monoisotopic (exact) mass is 735 g/mol. The second-order valence-electron chi connectivity index (χ2n) is 16.5. The molecule has 1 nitrogen and oxygen atoms in total. The van der Waals surface area contributed by atoms with Gasteiger partial charge in [-0.3, -0.25) is 0 Å². The van der Waals surface area contributed by atoms with Gasteiger partial charge in [0.15, 0.2) is 0 Å². The summed E-state index contributed by atoms with van der Waals surface area (Å²) >= 11 is 1.88. The van der Waals surface area contributed by atoms with E-state index in [4.69, 9.17) is 0 Å². The van der Waals surface area contributed by atoms with Crippen molar-refractivity contribution in [2.24, 2.45) is 0 Å². The van der Waals surface area contributed by atoms with E-state index in [1.165, 1.54) is 92.6 Å². The molecule has 8 aromatic carbocycles. The van der Waals surface area contributed by atoms with Crippen LogP contribution in [0.4, 0.5) is 17.1 Å². The minimum atomic E-state index is -0.117. The topological polar surface area (TPSA) is 3.24 Å². The van der Waals surface area contributed by atoms with Crippen molar-refractivity contribution in [2.75, 3.05) is 4.90 Å². The van der Waals surface area contributed by atoms with Crippen LogP contribution in [0.3, 0.4) is 0 Å². The van der Waals surface area contributed by atoms with Gasteiger partial charge in [0, 0.05) is 37.6 Å². The van der Waals surface area contributed by atoms with Gasteiger partial charge >= 0.3 is 0 Å². The molecule has 0 saturated heterocycles. The van der Waals surface area contributed by atoms with Crippen molar-refractivity contribution in [1.29, 1.82) is 0 Å². The lowest BCUT2D eigenvalue weighted by molar-refractivity contribution is 0.660. The lowest BCUT2D eigenvalue weighted by Crippen LogP contribution is -2.16. The van der Waals surface area contributed by atoms with Gasteiger partial charge in [0.25, 0.3) is 0 Å². The summed E-state index contributed by atoms with van der Waals surface area (Å²) in [6.07, 6.45) is 0. The molecule has 0 atom stereocenters. The zero-order chi connectivity index (χ0) is 37.8. The molecule has 1 heterocycles. The molecule has 0 N–H and O–H groups in total. The molecule has 0 fully saturated rings. The average molecular weight is 736 g/mol. The van der Waals surface area contributed by atoms with Crippen molar-refractivity contribution in [3.63, 3.8) is 0 Å². The van der Waals surface area contributed by atoms with Gasteiger partial charge in [-0.15, -0.1) is 11.3 Å². The molecule has 11 rings (SSSR count). The van der Waals surface area contributed by atoms with Crippen LogP contribution in [0.5, 0.6) is 0 Å². The molecule has 9 aromatic rings. The summed E-state index contributed by atoms with van der Waals surface area (Å²) in [5.41, 5.74) is 19.2. The second-order valence-corrected chi connectivity index (χ2v) is 17.5. The summed E-state index contributed by atoms with van der Waals surface area (Å²) in [6, 6.07) is 65.7. The van der Waals surface area contributed by atoms with E-state index in [2.05, 4.69) is 209 Å². The maximum Gasteiger partial charge on any atom is 0.0640 e. The van der Waals surface area contributed by atoms with Crippen LogP contribution in [-0.4, -0.2) is 0 Å². The van der Waals surface area contributed by atoms with Crippen molar-refractivity contribution >= 4 is 48.6 Å². The number of fused-ring (bicyclic) bond motifs is 9. The second kappa shape index (κ2) is 12.1. The summed E-state index contributed by atoms with van der Waals surface area (Å²) in [6.45, 7) is 9.50. The number of thiophene rings is 1. The minimum Gasteiger partial charge on any atom is -0.308 e. The van der Waals surface area contributed by atoms with Crippen LogP contribution in [0.15, 0.2) is 176 Å². The Morgan fingerprint density at radius 3 is 1.80 bits per heavy atom. The summed E-state index contributed by atoms with van der Waals surface area (Å²) in [7, 11) is 0. The molecule has 1 aromatic heterocycles. The Bertz CT molecular complexity index is 3050. The fraction of sp³-hybridized carbons (Fsp3) is 0.111. The third-order valence-electron chi connectivity index (χ3n) is 12.7. The summed E-state index contributed by atoms with van der Waals surface area (Å²) in [4.78, 5) is 2.52. The number of anilines is 3. The Morgan fingerprint density at radius 2 is 0.964 bits per heavy atom. The van der Waals surface area contributed by atoms with E-state index in [-0.39, 0.29) is 10.8 Å². The Balaban J connectivity index is 1.14. The molecule has 0 bridgehead atoms. The molecule has 268 valence electrons. The van der Waals surface area contributed by atoms with E-state index >= 15 is 0 Å². The van der Waals surface area contributed by atoms with Crippen LogP contribution in [0.1, 0.15) is 49.9 Å². The highest BCUT2D eigenvalue weighted by Gasteiger charge is 2.38. The van der Waals surface area contributed by atoms with Crippen LogP contribution < -0.4 is 4.90 Å². The van der Waals surface area contributed by atoms with Crippen LogP contribution in [0.2, 0.25) is 0 Å². The summed E-state index contributed by atoms with van der Waals surface area (Å²) in [5.74, 6) is 0. The normalized spacial score (nSPS) is 14.4. The van der Waals surface area contributed by atoms with E-state index in [0.717, 1.165) is 11.4 Å². The molecule has 56 heavy (non-hydrogen) atoms. The van der Waals surface area contributed by atoms with Gasteiger partial charge in [0.1, 0.15) is 0 Å². The molecule has 0 radical (unpaired) electrons. The number of nitrogens with zero attached hydrogens (tertiary/aromatic N) is 1. The van der Waals surface area contributed by atoms with Gasteiger partial charge < -0.3 is 4.90 Å². The fourth-order valence-corrected chi connectivity index (χ4v) is 11.2. The van der Waals surface area contributed by atoms with Crippen molar-refractivity contribution in [2.45, 2.75) is 38.5 Å². The van der Waals surface area contributed by atoms with Crippen LogP contribution in [-0.2, 0) is 10.8 Å². The quantitative estimate of drug-likeness (QED) is 0.170. The van der Waals surface area contributed by atoms with E-state index in [1.807, 2.05) is 11.3 Å². The molecular formula is C54H41NS. The average Bonchev–Trinajstić information content (AvgIpc) is 3.82. The number of hydrogen-bond acceptors (Lipinski definition) is 2. The smallest absolute Gasteiger partial charge is 0.0640 e. The van der Waals surface area contributed by atoms with E-state index < -0.39 is 0 Å². The predicted molar refractivity (Wildman–Crippen MR) is 240 cm³/mol. The standard InChI is InChI=1S/C54H41NS/c1-53(2)45-25-9-5-19-39(45)41-31-30-35(33-47(41)53)37-18-7-11-27-48(37)55(49-28-15-24-44-42-21-8-12-29-50(42)56-52(44)49)36-17-13-16-34(32-36)38-22-14-23-43-40-20-6-10-26-46(40)54(3,4)51(38)43/h5-33H,1-4H3. The van der Waals surface area contributed by atoms with E-state index in [0.29, 0.717) is 0 Å². The van der Waals surface area contributed by atoms with Crippen molar-refractivity contribution in [3.8, 4) is 44.5 Å². The molecule has 0 unspecified atom stereocenters. The molecule has 2 heteroatoms. The first-order valence-corrected chi connectivity index (χ1v) is 20.5. The largest absolute Gasteiger partial charge is 0.308 e. The molecular weight excluding hydrogens is 695 g/mol. The van der Waals surface area contributed by atoms with Gasteiger partial charge in [-0.05, 0) is 97.6 Å². The predicted octanol–water partition coefficient (Wildman–Crippen LogP) is 15.5. The van der Waals surface area contributed by atoms with Gasteiger partial charge in [-0.1, -0.05) is 167 Å². The fourth-order valence-electron chi connectivity index (χ4n) is 10.0. The lowest BCUT2D eigenvalue weighted by atomic mass is 9.79. The Labute approximate surface area is 333 Å². The highest BCUT2D eigenvalue weighted by molar-refractivity contribution is 7.26. The molecule has 2 aliphatic carbocycles. The zero-order valence-electron chi connectivity index (χ0n) is 32.1. The highest BCUT2D eigenvalue weighted by atomic mass is 32.1. The maximum atomic E-state index is 2.52.